The zero-order chi connectivity index (χ0) is 15.6. The van der Waals surface area contributed by atoms with Crippen molar-refractivity contribution in [3.63, 3.8) is 0 Å². The summed E-state index contributed by atoms with van der Waals surface area (Å²) in [5, 5.41) is 11.5. The van der Waals surface area contributed by atoms with E-state index < -0.39 is 0 Å². The lowest BCUT2D eigenvalue weighted by atomic mass is 9.75. The van der Waals surface area contributed by atoms with E-state index in [0.29, 0.717) is 16.8 Å². The van der Waals surface area contributed by atoms with Crippen molar-refractivity contribution in [2.45, 2.75) is 50.9 Å². The largest absolute Gasteiger partial charge is 0.371 e. The minimum absolute atomic E-state index is 0.159. The van der Waals surface area contributed by atoms with Gasteiger partial charge < -0.3 is 4.90 Å². The van der Waals surface area contributed by atoms with Crippen LogP contribution in [0.4, 0.5) is 11.4 Å². The number of halogens is 1. The number of non-ortho nitro benzene ring substituents is 1. The van der Waals surface area contributed by atoms with E-state index in [1.807, 2.05) is 6.07 Å². The van der Waals surface area contributed by atoms with E-state index >= 15 is 0 Å². The average Bonchev–Trinajstić information content (AvgIpc) is 2.45. The van der Waals surface area contributed by atoms with Crippen LogP contribution in [-0.2, 0) is 5.33 Å². The van der Waals surface area contributed by atoms with Crippen LogP contribution in [0.5, 0.6) is 0 Å². The number of alkyl halides is 1. The molecule has 116 valence electrons. The minimum atomic E-state index is -0.334. The predicted octanol–water partition coefficient (Wildman–Crippen LogP) is 4.89. The fraction of sp³-hybridized carbons (Fsp3) is 0.625. The molecule has 21 heavy (non-hydrogen) atoms. The molecular formula is C16H23BrN2O2. The normalized spacial score (nSPS) is 18.5. The molecule has 1 aliphatic rings. The van der Waals surface area contributed by atoms with Gasteiger partial charge in [0.2, 0.25) is 0 Å². The molecule has 0 spiro atoms. The lowest BCUT2D eigenvalue weighted by Crippen LogP contribution is -2.37. The number of nitro groups is 1. The fourth-order valence-corrected chi connectivity index (χ4v) is 3.55. The van der Waals surface area contributed by atoms with Gasteiger partial charge >= 0.3 is 0 Å². The molecule has 1 saturated carbocycles. The molecule has 0 aliphatic heterocycles. The van der Waals surface area contributed by atoms with Crippen LogP contribution in [0.25, 0.3) is 0 Å². The number of nitrogens with zero attached hydrogens (tertiary/aromatic N) is 2. The molecule has 4 nitrogen and oxygen atoms in total. The van der Waals surface area contributed by atoms with Crippen molar-refractivity contribution in [1.82, 2.24) is 0 Å². The maximum atomic E-state index is 10.9. The highest BCUT2D eigenvalue weighted by molar-refractivity contribution is 9.08. The Balaban J connectivity index is 2.19. The molecule has 5 heteroatoms. The molecule has 0 unspecified atom stereocenters. The Morgan fingerprint density at radius 2 is 2.00 bits per heavy atom. The van der Waals surface area contributed by atoms with Gasteiger partial charge in [-0.2, -0.15) is 0 Å². The van der Waals surface area contributed by atoms with E-state index in [4.69, 9.17) is 0 Å². The van der Waals surface area contributed by atoms with Crippen LogP contribution < -0.4 is 4.90 Å². The summed E-state index contributed by atoms with van der Waals surface area (Å²) in [5.41, 5.74) is 2.69. The molecule has 0 saturated heterocycles. The molecule has 0 amide bonds. The number of rotatable bonds is 4. The number of hydrogen-bond donors (Lipinski definition) is 0. The van der Waals surface area contributed by atoms with E-state index in [9.17, 15) is 10.1 Å². The summed E-state index contributed by atoms with van der Waals surface area (Å²) in [5.74, 6) is 0. The molecule has 1 fully saturated rings. The Morgan fingerprint density at radius 3 is 2.52 bits per heavy atom. The van der Waals surface area contributed by atoms with Crippen molar-refractivity contribution in [3.8, 4) is 0 Å². The maximum absolute atomic E-state index is 10.9. The van der Waals surface area contributed by atoms with Crippen LogP contribution in [0.15, 0.2) is 18.2 Å². The third-order valence-electron chi connectivity index (χ3n) is 4.65. The summed E-state index contributed by atoms with van der Waals surface area (Å²) in [6.45, 7) is 4.66. The summed E-state index contributed by atoms with van der Waals surface area (Å²) in [7, 11) is 2.11. The van der Waals surface area contributed by atoms with Gasteiger partial charge in [0, 0.05) is 36.2 Å². The monoisotopic (exact) mass is 354 g/mol. The average molecular weight is 355 g/mol. The Hall–Kier alpha value is -1.10. The summed E-state index contributed by atoms with van der Waals surface area (Å²) in [4.78, 5) is 12.9. The van der Waals surface area contributed by atoms with Crippen LogP contribution >= 0.6 is 15.9 Å². The first-order chi connectivity index (χ1) is 9.84. The van der Waals surface area contributed by atoms with Crippen molar-refractivity contribution in [3.05, 3.63) is 33.9 Å². The SMILES string of the molecule is CN(c1ccc([N+](=O)[O-])cc1CBr)C1CCC(C)(C)CC1. The lowest BCUT2D eigenvalue weighted by Gasteiger charge is -2.40. The van der Waals surface area contributed by atoms with Gasteiger partial charge in [-0.15, -0.1) is 0 Å². The first kappa shape index (κ1) is 16.3. The van der Waals surface area contributed by atoms with E-state index in [0.717, 1.165) is 11.3 Å². The molecule has 1 aliphatic carbocycles. The van der Waals surface area contributed by atoms with Gasteiger partial charge in [0.05, 0.1) is 4.92 Å². The first-order valence-electron chi connectivity index (χ1n) is 7.40. The molecule has 0 bridgehead atoms. The topological polar surface area (TPSA) is 46.4 Å². The Morgan fingerprint density at radius 1 is 1.38 bits per heavy atom. The fourth-order valence-electron chi connectivity index (χ4n) is 3.10. The number of nitro benzene ring substituents is 1. The summed E-state index contributed by atoms with van der Waals surface area (Å²) in [6.07, 6.45) is 4.84. The Bertz CT molecular complexity index is 521. The van der Waals surface area contributed by atoms with Crippen LogP contribution in [0, 0.1) is 15.5 Å². The summed E-state index contributed by atoms with van der Waals surface area (Å²) in [6, 6.07) is 5.68. The number of benzene rings is 1. The lowest BCUT2D eigenvalue weighted by molar-refractivity contribution is -0.384. The molecule has 2 rings (SSSR count). The van der Waals surface area contributed by atoms with Crippen molar-refractivity contribution < 1.29 is 4.92 Å². The van der Waals surface area contributed by atoms with E-state index in [2.05, 4.69) is 41.7 Å². The molecule has 0 radical (unpaired) electrons. The van der Waals surface area contributed by atoms with Crippen molar-refractivity contribution >= 4 is 27.3 Å². The van der Waals surface area contributed by atoms with Gasteiger partial charge in [-0.3, -0.25) is 10.1 Å². The molecule has 0 N–H and O–H groups in total. The van der Waals surface area contributed by atoms with Gasteiger partial charge in [0.15, 0.2) is 0 Å². The zero-order valence-corrected chi connectivity index (χ0v) is 14.5. The van der Waals surface area contributed by atoms with Crippen LogP contribution in [0.2, 0.25) is 0 Å². The highest BCUT2D eigenvalue weighted by atomic mass is 79.9. The molecule has 1 aromatic carbocycles. The van der Waals surface area contributed by atoms with Gasteiger partial charge in [-0.25, -0.2) is 0 Å². The maximum Gasteiger partial charge on any atom is 0.269 e. The first-order valence-corrected chi connectivity index (χ1v) is 8.52. The second kappa shape index (κ2) is 6.34. The van der Waals surface area contributed by atoms with Crippen molar-refractivity contribution in [1.29, 1.82) is 0 Å². The van der Waals surface area contributed by atoms with Crippen molar-refractivity contribution in [2.75, 3.05) is 11.9 Å². The van der Waals surface area contributed by atoms with E-state index in [-0.39, 0.29) is 10.6 Å². The van der Waals surface area contributed by atoms with Crippen LogP contribution in [-0.4, -0.2) is 18.0 Å². The van der Waals surface area contributed by atoms with Crippen LogP contribution in [0.3, 0.4) is 0 Å². The van der Waals surface area contributed by atoms with Gasteiger partial charge in [-0.1, -0.05) is 29.8 Å². The zero-order valence-electron chi connectivity index (χ0n) is 12.9. The highest BCUT2D eigenvalue weighted by Crippen LogP contribution is 2.38. The smallest absolute Gasteiger partial charge is 0.269 e. The van der Waals surface area contributed by atoms with Gasteiger partial charge in [-0.05, 0) is 42.7 Å². The number of anilines is 1. The second-order valence-corrected chi connectivity index (χ2v) is 7.27. The molecule has 0 atom stereocenters. The summed E-state index contributed by atoms with van der Waals surface area (Å²) < 4.78 is 0. The number of hydrogen-bond acceptors (Lipinski definition) is 3. The van der Waals surface area contributed by atoms with Gasteiger partial charge in [0.25, 0.3) is 5.69 Å². The molecule has 0 heterocycles. The molecule has 0 aromatic heterocycles. The summed E-state index contributed by atoms with van der Waals surface area (Å²) >= 11 is 3.45. The minimum Gasteiger partial charge on any atom is -0.371 e. The standard InChI is InChI=1S/C16H23BrN2O2/c1-16(2)8-6-13(7-9-16)18(3)15-5-4-14(19(20)21)10-12(15)11-17/h4-5,10,13H,6-9,11H2,1-3H3. The van der Waals surface area contributed by atoms with Crippen LogP contribution in [0.1, 0.15) is 45.1 Å². The van der Waals surface area contributed by atoms with E-state index in [1.54, 1.807) is 12.1 Å². The van der Waals surface area contributed by atoms with Crippen molar-refractivity contribution in [2.24, 2.45) is 5.41 Å². The van der Waals surface area contributed by atoms with E-state index in [1.165, 1.54) is 25.7 Å². The predicted molar refractivity (Wildman–Crippen MR) is 90.2 cm³/mol. The highest BCUT2D eigenvalue weighted by Gasteiger charge is 2.29. The third-order valence-corrected chi connectivity index (χ3v) is 5.26. The second-order valence-electron chi connectivity index (χ2n) is 6.71. The molecule has 1 aromatic rings. The Kier molecular flexibility index (Phi) is 4.91. The Labute approximate surface area is 134 Å². The third kappa shape index (κ3) is 3.76. The quantitative estimate of drug-likeness (QED) is 0.439. The molecular weight excluding hydrogens is 332 g/mol. The van der Waals surface area contributed by atoms with Gasteiger partial charge in [0.1, 0.15) is 0 Å².